The summed E-state index contributed by atoms with van der Waals surface area (Å²) in [5.74, 6) is 1.01. The molecule has 0 saturated carbocycles. The molecule has 3 rings (SSSR count). The maximum Gasteiger partial charge on any atom is 0.266 e. The van der Waals surface area contributed by atoms with E-state index in [9.17, 15) is 4.79 Å². The Labute approximate surface area is 163 Å². The molecule has 0 fully saturated rings. The highest BCUT2D eigenvalue weighted by Gasteiger charge is 2.17. The minimum absolute atomic E-state index is 0.250. The standard InChI is InChI=1S/C21H22N2O3S/c1-4-15-8-10-16(11-9-15)19-13-27-21(22-19)23-20(24)14(2)26-18-7-5-6-17(12-18)25-3/h5-14H,4H2,1-3H3,(H,22,23,24). The molecule has 0 bridgehead atoms. The van der Waals surface area contributed by atoms with Crippen molar-refractivity contribution in [2.24, 2.45) is 0 Å². The van der Waals surface area contributed by atoms with Crippen LogP contribution in [0.5, 0.6) is 11.5 Å². The Morgan fingerprint density at radius 1 is 1.19 bits per heavy atom. The predicted molar refractivity (Wildman–Crippen MR) is 109 cm³/mol. The van der Waals surface area contributed by atoms with Gasteiger partial charge in [-0.1, -0.05) is 37.3 Å². The van der Waals surface area contributed by atoms with Crippen molar-refractivity contribution < 1.29 is 14.3 Å². The number of carbonyl (C=O) groups is 1. The number of benzene rings is 2. The molecule has 0 aliphatic carbocycles. The second-order valence-electron chi connectivity index (χ2n) is 6.02. The SMILES string of the molecule is CCc1ccc(-c2csc(NC(=O)C(C)Oc3cccc(OC)c3)n2)cc1. The molecule has 1 aromatic heterocycles. The summed E-state index contributed by atoms with van der Waals surface area (Å²) in [7, 11) is 1.59. The summed E-state index contributed by atoms with van der Waals surface area (Å²) < 4.78 is 10.9. The second-order valence-corrected chi connectivity index (χ2v) is 6.87. The van der Waals surface area contributed by atoms with Crippen molar-refractivity contribution >= 4 is 22.4 Å². The fraction of sp³-hybridized carbons (Fsp3) is 0.238. The molecule has 140 valence electrons. The van der Waals surface area contributed by atoms with Crippen LogP contribution in [0.25, 0.3) is 11.3 Å². The van der Waals surface area contributed by atoms with Crippen molar-refractivity contribution in [1.29, 1.82) is 0 Å². The van der Waals surface area contributed by atoms with Gasteiger partial charge in [0.1, 0.15) is 11.5 Å². The van der Waals surface area contributed by atoms with Crippen molar-refractivity contribution in [2.45, 2.75) is 26.4 Å². The average Bonchev–Trinajstić information content (AvgIpc) is 3.16. The summed E-state index contributed by atoms with van der Waals surface area (Å²) in [6.07, 6.45) is 0.345. The van der Waals surface area contributed by atoms with Gasteiger partial charge in [0.2, 0.25) is 0 Å². The first kappa shape index (κ1) is 18.9. The summed E-state index contributed by atoms with van der Waals surface area (Å²) >= 11 is 1.39. The minimum atomic E-state index is -0.659. The first-order chi connectivity index (χ1) is 13.1. The fourth-order valence-electron chi connectivity index (χ4n) is 2.51. The highest BCUT2D eigenvalue weighted by molar-refractivity contribution is 7.14. The highest BCUT2D eigenvalue weighted by atomic mass is 32.1. The Balaban J connectivity index is 1.62. The van der Waals surface area contributed by atoms with Gasteiger partial charge in [-0.3, -0.25) is 10.1 Å². The van der Waals surface area contributed by atoms with Crippen molar-refractivity contribution in [3.63, 3.8) is 0 Å². The van der Waals surface area contributed by atoms with Crippen molar-refractivity contribution in [1.82, 2.24) is 4.98 Å². The van der Waals surface area contributed by atoms with Crippen molar-refractivity contribution in [3.05, 3.63) is 59.5 Å². The van der Waals surface area contributed by atoms with Crippen LogP contribution in [0, 0.1) is 0 Å². The molecule has 1 N–H and O–H groups in total. The third-order valence-corrected chi connectivity index (χ3v) is 4.87. The molecule has 1 amide bonds. The third-order valence-electron chi connectivity index (χ3n) is 4.12. The molecule has 0 aliphatic heterocycles. The number of ether oxygens (including phenoxy) is 2. The Kier molecular flexibility index (Phi) is 6.08. The van der Waals surface area contributed by atoms with E-state index in [2.05, 4.69) is 29.4 Å². The number of rotatable bonds is 7. The quantitative estimate of drug-likeness (QED) is 0.638. The summed E-state index contributed by atoms with van der Waals surface area (Å²) in [5.41, 5.74) is 3.16. The molecule has 1 heterocycles. The molecule has 0 spiro atoms. The largest absolute Gasteiger partial charge is 0.497 e. The number of aromatic nitrogens is 1. The summed E-state index contributed by atoms with van der Waals surface area (Å²) in [6, 6.07) is 15.5. The number of anilines is 1. The topological polar surface area (TPSA) is 60.5 Å². The second kappa shape index (κ2) is 8.68. The molecule has 1 unspecified atom stereocenters. The normalized spacial score (nSPS) is 11.7. The zero-order valence-corrected chi connectivity index (χ0v) is 16.4. The minimum Gasteiger partial charge on any atom is -0.497 e. The van der Waals surface area contributed by atoms with Crippen molar-refractivity contribution in [3.8, 4) is 22.8 Å². The van der Waals surface area contributed by atoms with E-state index in [0.29, 0.717) is 16.6 Å². The number of thiazole rings is 1. The van der Waals surface area contributed by atoms with Crippen LogP contribution in [-0.4, -0.2) is 24.1 Å². The first-order valence-corrected chi connectivity index (χ1v) is 9.63. The monoisotopic (exact) mass is 382 g/mol. The Morgan fingerprint density at radius 2 is 1.93 bits per heavy atom. The van der Waals surface area contributed by atoms with Gasteiger partial charge in [-0.2, -0.15) is 0 Å². The maximum atomic E-state index is 12.4. The van der Waals surface area contributed by atoms with E-state index in [1.165, 1.54) is 16.9 Å². The molecular weight excluding hydrogens is 360 g/mol. The molecule has 0 saturated heterocycles. The molecular formula is C21H22N2O3S. The predicted octanol–water partition coefficient (Wildman–Crippen LogP) is 4.79. The average molecular weight is 382 g/mol. The van der Waals surface area contributed by atoms with Crippen LogP contribution in [0.1, 0.15) is 19.4 Å². The van der Waals surface area contributed by atoms with E-state index in [1.54, 1.807) is 26.2 Å². The van der Waals surface area contributed by atoms with Crippen molar-refractivity contribution in [2.75, 3.05) is 12.4 Å². The molecule has 0 radical (unpaired) electrons. The molecule has 2 aromatic carbocycles. The van der Waals surface area contributed by atoms with E-state index in [1.807, 2.05) is 29.6 Å². The van der Waals surface area contributed by atoms with E-state index in [4.69, 9.17) is 9.47 Å². The van der Waals surface area contributed by atoms with Gasteiger partial charge in [-0.05, 0) is 31.0 Å². The molecule has 3 aromatic rings. The summed E-state index contributed by atoms with van der Waals surface area (Å²) in [6.45, 7) is 3.83. The molecule has 0 aliphatic rings. The zero-order chi connectivity index (χ0) is 19.2. The van der Waals surface area contributed by atoms with Gasteiger partial charge in [0.15, 0.2) is 11.2 Å². The van der Waals surface area contributed by atoms with Crippen LogP contribution in [0.2, 0.25) is 0 Å². The highest BCUT2D eigenvalue weighted by Crippen LogP contribution is 2.26. The number of carbonyl (C=O) groups excluding carboxylic acids is 1. The van der Waals surface area contributed by atoms with E-state index >= 15 is 0 Å². The number of hydrogen-bond acceptors (Lipinski definition) is 5. The van der Waals surface area contributed by atoms with E-state index < -0.39 is 6.10 Å². The van der Waals surface area contributed by atoms with Gasteiger partial charge in [0.05, 0.1) is 12.8 Å². The van der Waals surface area contributed by atoms with E-state index in [0.717, 1.165) is 17.7 Å². The lowest BCUT2D eigenvalue weighted by Gasteiger charge is -2.14. The number of nitrogens with zero attached hydrogens (tertiary/aromatic N) is 1. The molecule has 27 heavy (non-hydrogen) atoms. The van der Waals surface area contributed by atoms with Gasteiger partial charge in [0, 0.05) is 17.0 Å². The maximum absolute atomic E-state index is 12.4. The zero-order valence-electron chi connectivity index (χ0n) is 15.6. The van der Waals surface area contributed by atoms with E-state index in [-0.39, 0.29) is 5.91 Å². The number of nitrogens with one attached hydrogen (secondary N) is 1. The lowest BCUT2D eigenvalue weighted by atomic mass is 10.1. The van der Waals surface area contributed by atoms with Gasteiger partial charge >= 0.3 is 0 Å². The number of hydrogen-bond donors (Lipinski definition) is 1. The van der Waals surface area contributed by atoms with Crippen LogP contribution in [0.3, 0.4) is 0 Å². The van der Waals surface area contributed by atoms with Crippen LogP contribution in [0.15, 0.2) is 53.9 Å². The lowest BCUT2D eigenvalue weighted by Crippen LogP contribution is -2.30. The van der Waals surface area contributed by atoms with Crippen LogP contribution in [-0.2, 0) is 11.2 Å². The third kappa shape index (κ3) is 4.86. The van der Waals surface area contributed by atoms with Crippen LogP contribution in [0.4, 0.5) is 5.13 Å². The Morgan fingerprint density at radius 3 is 2.63 bits per heavy atom. The molecule has 5 nitrogen and oxygen atoms in total. The summed E-state index contributed by atoms with van der Waals surface area (Å²) in [4.78, 5) is 16.9. The number of methoxy groups -OCH3 is 1. The fourth-order valence-corrected chi connectivity index (χ4v) is 3.24. The Bertz CT molecular complexity index is 906. The van der Waals surface area contributed by atoms with Gasteiger partial charge < -0.3 is 9.47 Å². The number of amides is 1. The smallest absolute Gasteiger partial charge is 0.266 e. The summed E-state index contributed by atoms with van der Waals surface area (Å²) in [5, 5.41) is 5.30. The Hall–Kier alpha value is -2.86. The first-order valence-electron chi connectivity index (χ1n) is 8.75. The van der Waals surface area contributed by atoms with Gasteiger partial charge in [0.25, 0.3) is 5.91 Å². The lowest BCUT2D eigenvalue weighted by molar-refractivity contribution is -0.122. The molecule has 6 heteroatoms. The molecule has 1 atom stereocenters. The number of aryl methyl sites for hydroxylation is 1. The van der Waals surface area contributed by atoms with Crippen LogP contribution >= 0.6 is 11.3 Å². The van der Waals surface area contributed by atoms with Gasteiger partial charge in [-0.15, -0.1) is 11.3 Å². The van der Waals surface area contributed by atoms with Crippen LogP contribution < -0.4 is 14.8 Å². The van der Waals surface area contributed by atoms with Gasteiger partial charge in [-0.25, -0.2) is 4.98 Å².